The Kier molecular flexibility index (Phi) is 6.37. The summed E-state index contributed by atoms with van der Waals surface area (Å²) < 4.78 is 5.63. The molecule has 4 rings (SSSR count). The predicted molar refractivity (Wildman–Crippen MR) is 124 cm³/mol. The van der Waals surface area contributed by atoms with Gasteiger partial charge in [0.2, 0.25) is 0 Å². The van der Waals surface area contributed by atoms with Crippen molar-refractivity contribution in [2.45, 2.75) is 82.7 Å². The highest BCUT2D eigenvalue weighted by atomic mass is 16.5. The van der Waals surface area contributed by atoms with E-state index in [9.17, 15) is 9.90 Å². The zero-order chi connectivity index (χ0) is 22.2. The highest BCUT2D eigenvalue weighted by Gasteiger charge is 2.51. The first-order chi connectivity index (χ1) is 14.8. The van der Waals surface area contributed by atoms with Gasteiger partial charge >= 0.3 is 5.97 Å². The molecule has 172 valence electrons. The molecule has 1 aromatic rings. The van der Waals surface area contributed by atoms with Gasteiger partial charge in [-0.3, -0.25) is 4.79 Å². The second kappa shape index (κ2) is 8.74. The molecule has 0 spiro atoms. The number of aliphatic carboxylic acids is 1. The van der Waals surface area contributed by atoms with E-state index >= 15 is 0 Å². The average Bonchev–Trinajstić information content (AvgIpc) is 3.69. The van der Waals surface area contributed by atoms with Crippen molar-refractivity contribution in [2.75, 3.05) is 26.7 Å². The number of methoxy groups -OCH3 is 1. The van der Waals surface area contributed by atoms with E-state index in [0.717, 1.165) is 56.9 Å². The van der Waals surface area contributed by atoms with Crippen molar-refractivity contribution in [3.8, 4) is 5.75 Å². The van der Waals surface area contributed by atoms with Crippen LogP contribution < -0.4 is 10.1 Å². The van der Waals surface area contributed by atoms with E-state index in [2.05, 4.69) is 49.2 Å². The van der Waals surface area contributed by atoms with Crippen LogP contribution in [0.3, 0.4) is 0 Å². The Morgan fingerprint density at radius 3 is 2.58 bits per heavy atom. The Bertz CT molecular complexity index is 802. The van der Waals surface area contributed by atoms with Gasteiger partial charge < -0.3 is 20.1 Å². The highest BCUT2D eigenvalue weighted by Crippen LogP contribution is 2.48. The fourth-order valence-corrected chi connectivity index (χ4v) is 5.88. The molecule has 1 unspecified atom stereocenters. The molecule has 5 heteroatoms. The minimum absolute atomic E-state index is 0.0287. The van der Waals surface area contributed by atoms with Crippen LogP contribution in [0.15, 0.2) is 18.2 Å². The molecule has 2 aliphatic carbocycles. The van der Waals surface area contributed by atoms with Gasteiger partial charge in [0, 0.05) is 18.0 Å². The minimum Gasteiger partial charge on any atom is -0.497 e. The van der Waals surface area contributed by atoms with Crippen LogP contribution in [0, 0.1) is 11.8 Å². The van der Waals surface area contributed by atoms with E-state index in [0.29, 0.717) is 12.0 Å². The lowest BCUT2D eigenvalue weighted by Crippen LogP contribution is -2.56. The molecule has 0 bridgehead atoms. The molecule has 31 heavy (non-hydrogen) atoms. The van der Waals surface area contributed by atoms with E-state index in [4.69, 9.17) is 4.74 Å². The quantitative estimate of drug-likeness (QED) is 0.584. The zero-order valence-electron chi connectivity index (χ0n) is 19.7. The molecule has 0 aromatic heterocycles. The lowest BCUT2D eigenvalue weighted by atomic mass is 9.61. The van der Waals surface area contributed by atoms with E-state index in [1.807, 2.05) is 0 Å². The number of hydrogen-bond acceptors (Lipinski definition) is 4. The van der Waals surface area contributed by atoms with Gasteiger partial charge in [-0.2, -0.15) is 0 Å². The molecule has 2 N–H and O–H groups in total. The van der Waals surface area contributed by atoms with Gasteiger partial charge in [-0.15, -0.1) is 0 Å². The third-order valence-corrected chi connectivity index (χ3v) is 8.63. The van der Waals surface area contributed by atoms with Crippen molar-refractivity contribution in [3.63, 3.8) is 0 Å². The second-order valence-electron chi connectivity index (χ2n) is 10.3. The predicted octanol–water partition coefficient (Wildman–Crippen LogP) is 4.23. The van der Waals surface area contributed by atoms with Gasteiger partial charge in [0.15, 0.2) is 0 Å². The third kappa shape index (κ3) is 4.36. The summed E-state index contributed by atoms with van der Waals surface area (Å²) in [6.07, 6.45) is 7.35. The van der Waals surface area contributed by atoms with Crippen molar-refractivity contribution >= 4 is 5.97 Å². The number of carboxylic acids is 1. The standard InChI is InChI=1S/C26H40N2O3/c1-5-21-8-9-22(31-4)16-23(21)25(12-14-27-26(10-11-26)24(29)30)13-15-28(17-20-6-7-20)19(3)18(25)2/h8-9,16,18-20,27H,5-7,10-15,17H2,1-4H3,(H,29,30)/t18-,19?,25+/m0/s1. The molecule has 0 amide bonds. The molecule has 1 heterocycles. The molecule has 3 fully saturated rings. The molecule has 0 radical (unpaired) electrons. The van der Waals surface area contributed by atoms with Crippen molar-refractivity contribution < 1.29 is 14.6 Å². The van der Waals surface area contributed by atoms with Gasteiger partial charge in [0.1, 0.15) is 11.3 Å². The van der Waals surface area contributed by atoms with Crippen LogP contribution in [0.2, 0.25) is 0 Å². The molecule has 2 saturated carbocycles. The largest absolute Gasteiger partial charge is 0.497 e. The SMILES string of the molecule is CCc1ccc(OC)cc1[C@]1(CCNC2(C(=O)O)CC2)CCN(CC2CC2)C(C)[C@@H]1C. The van der Waals surface area contributed by atoms with Crippen LogP contribution in [0.1, 0.15) is 70.4 Å². The topological polar surface area (TPSA) is 61.8 Å². The number of aryl methyl sites for hydroxylation is 1. The van der Waals surface area contributed by atoms with Crippen LogP contribution >= 0.6 is 0 Å². The summed E-state index contributed by atoms with van der Waals surface area (Å²) in [5, 5.41) is 13.0. The van der Waals surface area contributed by atoms with E-state index < -0.39 is 11.5 Å². The van der Waals surface area contributed by atoms with Gasteiger partial charge in [0.25, 0.3) is 0 Å². The maximum atomic E-state index is 11.7. The summed E-state index contributed by atoms with van der Waals surface area (Å²) in [5.41, 5.74) is 2.17. The normalized spacial score (nSPS) is 30.2. The van der Waals surface area contributed by atoms with Gasteiger partial charge in [-0.25, -0.2) is 0 Å². The third-order valence-electron chi connectivity index (χ3n) is 8.63. The number of piperidine rings is 1. The van der Waals surface area contributed by atoms with E-state index in [-0.39, 0.29) is 5.41 Å². The van der Waals surface area contributed by atoms with Crippen LogP contribution in [0.4, 0.5) is 0 Å². The first-order valence-electron chi connectivity index (χ1n) is 12.2. The Morgan fingerprint density at radius 2 is 2.00 bits per heavy atom. The number of ether oxygens (including phenoxy) is 1. The highest BCUT2D eigenvalue weighted by molar-refractivity contribution is 5.82. The van der Waals surface area contributed by atoms with Crippen LogP contribution in [0.5, 0.6) is 5.75 Å². The Hall–Kier alpha value is -1.59. The summed E-state index contributed by atoms with van der Waals surface area (Å²) in [6.45, 7) is 10.2. The van der Waals surface area contributed by atoms with Crippen LogP contribution in [0.25, 0.3) is 0 Å². The average molecular weight is 429 g/mol. The number of hydrogen-bond donors (Lipinski definition) is 2. The number of rotatable bonds is 10. The van der Waals surface area contributed by atoms with Crippen LogP contribution in [-0.4, -0.2) is 54.3 Å². The fourth-order valence-electron chi connectivity index (χ4n) is 5.88. The molecule has 5 nitrogen and oxygen atoms in total. The summed E-state index contributed by atoms with van der Waals surface area (Å²) in [6, 6.07) is 7.09. The maximum absolute atomic E-state index is 11.7. The first-order valence-corrected chi connectivity index (χ1v) is 12.2. The van der Waals surface area contributed by atoms with Crippen LogP contribution in [-0.2, 0) is 16.6 Å². The van der Waals surface area contributed by atoms with Gasteiger partial charge in [0.05, 0.1) is 7.11 Å². The Labute approximate surface area is 187 Å². The van der Waals surface area contributed by atoms with Crippen molar-refractivity contribution in [3.05, 3.63) is 29.3 Å². The van der Waals surface area contributed by atoms with Crippen molar-refractivity contribution in [1.29, 1.82) is 0 Å². The number of likely N-dealkylation sites (tertiary alicyclic amines) is 1. The van der Waals surface area contributed by atoms with Gasteiger partial charge in [-0.05, 0) is 100 Å². The molecule has 3 aliphatic rings. The molecular weight excluding hydrogens is 388 g/mol. The monoisotopic (exact) mass is 428 g/mol. The number of carbonyl (C=O) groups is 1. The fraction of sp³-hybridized carbons (Fsp3) is 0.731. The van der Waals surface area contributed by atoms with Crippen molar-refractivity contribution in [2.24, 2.45) is 11.8 Å². The molecular formula is C26H40N2O3. The van der Waals surface area contributed by atoms with Gasteiger partial charge in [-0.1, -0.05) is 19.9 Å². The van der Waals surface area contributed by atoms with E-state index in [1.54, 1.807) is 7.11 Å². The number of nitrogens with zero attached hydrogens (tertiary/aromatic N) is 1. The number of benzene rings is 1. The number of nitrogens with one attached hydrogen (secondary N) is 1. The maximum Gasteiger partial charge on any atom is 0.323 e. The summed E-state index contributed by atoms with van der Waals surface area (Å²) in [4.78, 5) is 14.4. The lowest BCUT2D eigenvalue weighted by molar-refractivity contribution is -0.140. The molecule has 1 aliphatic heterocycles. The Morgan fingerprint density at radius 1 is 1.26 bits per heavy atom. The van der Waals surface area contributed by atoms with Crippen molar-refractivity contribution in [1.82, 2.24) is 10.2 Å². The molecule has 1 saturated heterocycles. The summed E-state index contributed by atoms with van der Waals surface area (Å²) in [5.74, 6) is 1.61. The Balaban J connectivity index is 1.63. The number of carboxylic acid groups (broad SMARTS) is 1. The second-order valence-corrected chi connectivity index (χ2v) is 10.3. The van der Waals surface area contributed by atoms with E-state index in [1.165, 1.54) is 30.5 Å². The minimum atomic E-state index is -0.696. The zero-order valence-corrected chi connectivity index (χ0v) is 19.7. The summed E-state index contributed by atoms with van der Waals surface area (Å²) in [7, 11) is 1.74. The molecule has 1 aromatic carbocycles. The smallest absolute Gasteiger partial charge is 0.323 e. The summed E-state index contributed by atoms with van der Waals surface area (Å²) >= 11 is 0. The first kappa shape index (κ1) is 22.6. The molecule has 3 atom stereocenters. The lowest BCUT2D eigenvalue weighted by Gasteiger charge is -2.52.